The Morgan fingerprint density at radius 1 is 1.07 bits per heavy atom. The number of hydrogen-bond donors (Lipinski definition) is 1. The van der Waals surface area contributed by atoms with Gasteiger partial charge in [0.25, 0.3) is 0 Å². The lowest BCUT2D eigenvalue weighted by Crippen LogP contribution is -2.20. The van der Waals surface area contributed by atoms with Gasteiger partial charge in [0, 0.05) is 11.5 Å². The fourth-order valence-corrected chi connectivity index (χ4v) is 3.44. The second-order valence-electron chi connectivity index (χ2n) is 8.41. The van der Waals surface area contributed by atoms with Gasteiger partial charge in [-0.15, -0.1) is 0 Å². The summed E-state index contributed by atoms with van der Waals surface area (Å²) in [5, 5.41) is 0. The van der Waals surface area contributed by atoms with Crippen LogP contribution in [0.3, 0.4) is 0 Å². The van der Waals surface area contributed by atoms with Gasteiger partial charge in [-0.3, -0.25) is 0 Å². The maximum atomic E-state index is 5.89. The van der Waals surface area contributed by atoms with Crippen LogP contribution in [-0.2, 0) is 11.8 Å². The summed E-state index contributed by atoms with van der Waals surface area (Å²) in [5.41, 5.74) is 10.9. The lowest BCUT2D eigenvalue weighted by atomic mass is 9.75. The molecule has 1 atom stereocenters. The van der Waals surface area contributed by atoms with Crippen LogP contribution in [0.15, 0.2) is 85.0 Å². The van der Waals surface area contributed by atoms with Crippen molar-refractivity contribution in [3.63, 3.8) is 0 Å². The van der Waals surface area contributed by atoms with Crippen molar-refractivity contribution in [1.82, 2.24) is 0 Å². The molecule has 1 rings (SSSR count). The maximum Gasteiger partial charge on any atom is 0.0197 e. The minimum Gasteiger partial charge on any atom is -0.325 e. The molecule has 0 aromatic heterocycles. The Morgan fingerprint density at radius 2 is 1.67 bits per heavy atom. The van der Waals surface area contributed by atoms with E-state index in [0.717, 1.165) is 6.42 Å². The van der Waals surface area contributed by atoms with Gasteiger partial charge < -0.3 is 5.73 Å². The number of hydrogen-bond acceptors (Lipinski definition) is 1. The summed E-state index contributed by atoms with van der Waals surface area (Å²) in [4.78, 5) is 0. The number of benzene rings is 1. The van der Waals surface area contributed by atoms with Crippen molar-refractivity contribution in [2.24, 2.45) is 11.1 Å². The molecule has 0 aliphatic rings. The molecule has 1 heteroatoms. The number of rotatable bonds is 9. The molecule has 0 radical (unpaired) electrons. The first-order chi connectivity index (χ1) is 12.6. The predicted molar refractivity (Wildman–Crippen MR) is 122 cm³/mol. The number of nitrogens with two attached hydrogens (primary N) is 1. The summed E-state index contributed by atoms with van der Waals surface area (Å²) in [6.45, 7) is 20.9. The van der Waals surface area contributed by atoms with Crippen molar-refractivity contribution in [1.29, 1.82) is 0 Å². The van der Waals surface area contributed by atoms with Gasteiger partial charge >= 0.3 is 0 Å². The highest BCUT2D eigenvalue weighted by atomic mass is 14.6. The Hall–Kier alpha value is -2.12. The highest BCUT2D eigenvalue weighted by molar-refractivity contribution is 5.41. The second kappa shape index (κ2) is 9.71. The van der Waals surface area contributed by atoms with Crippen molar-refractivity contribution >= 4 is 0 Å². The van der Waals surface area contributed by atoms with Crippen LogP contribution in [0.5, 0.6) is 0 Å². The summed E-state index contributed by atoms with van der Waals surface area (Å²) in [6, 6.07) is 9.02. The van der Waals surface area contributed by atoms with E-state index in [4.69, 9.17) is 5.73 Å². The van der Waals surface area contributed by atoms with Crippen LogP contribution in [0.2, 0.25) is 0 Å². The van der Waals surface area contributed by atoms with Crippen LogP contribution in [0.25, 0.3) is 0 Å². The van der Waals surface area contributed by atoms with Crippen LogP contribution in [0.4, 0.5) is 0 Å². The van der Waals surface area contributed by atoms with Gasteiger partial charge in [0.05, 0.1) is 0 Å². The summed E-state index contributed by atoms with van der Waals surface area (Å²) in [6.07, 6.45) is 13.1. The minimum absolute atomic E-state index is 0.00773. The predicted octanol–water partition coefficient (Wildman–Crippen LogP) is 6.68. The largest absolute Gasteiger partial charge is 0.325 e. The van der Waals surface area contributed by atoms with Crippen molar-refractivity contribution in [3.8, 4) is 0 Å². The molecule has 0 bridgehead atoms. The maximum absolute atomic E-state index is 5.89. The van der Waals surface area contributed by atoms with E-state index < -0.39 is 0 Å². The molecule has 27 heavy (non-hydrogen) atoms. The zero-order valence-corrected chi connectivity index (χ0v) is 18.0. The van der Waals surface area contributed by atoms with E-state index in [1.807, 2.05) is 25.2 Å². The van der Waals surface area contributed by atoms with Crippen LogP contribution in [-0.4, -0.2) is 6.04 Å². The smallest absolute Gasteiger partial charge is 0.0197 e. The van der Waals surface area contributed by atoms with E-state index >= 15 is 0 Å². The highest BCUT2D eigenvalue weighted by Crippen LogP contribution is 2.35. The summed E-state index contributed by atoms with van der Waals surface area (Å²) in [5.74, 6) is 0. The first-order valence-electron chi connectivity index (χ1n) is 9.74. The molecule has 0 saturated heterocycles. The van der Waals surface area contributed by atoms with Crippen molar-refractivity contribution < 1.29 is 0 Å². The van der Waals surface area contributed by atoms with Crippen molar-refractivity contribution in [2.45, 2.75) is 59.4 Å². The molecule has 0 saturated carbocycles. The van der Waals surface area contributed by atoms with Gasteiger partial charge in [-0.2, -0.15) is 0 Å². The minimum atomic E-state index is -0.0432. The van der Waals surface area contributed by atoms with Crippen LogP contribution >= 0.6 is 0 Å². The SMILES string of the molecule is C=C/C=C(\C=C/C(C)N)C(C)(C)Cc1ccc(C(C)(C)/C(C=C)=C/C)cc1. The average Bonchev–Trinajstić information content (AvgIpc) is 2.59. The molecule has 1 unspecified atom stereocenters. The van der Waals surface area contributed by atoms with Crippen molar-refractivity contribution in [2.75, 3.05) is 0 Å². The fraction of sp³-hybridized carbons (Fsp3) is 0.385. The van der Waals surface area contributed by atoms with Gasteiger partial charge in [-0.1, -0.05) is 102 Å². The van der Waals surface area contributed by atoms with E-state index in [1.165, 1.54) is 22.3 Å². The monoisotopic (exact) mass is 363 g/mol. The van der Waals surface area contributed by atoms with E-state index in [-0.39, 0.29) is 16.9 Å². The third kappa shape index (κ3) is 6.22. The standard InChI is InChI=1S/C26H37N/c1-9-12-23(16-13-20(4)27)25(5,6)19-21-14-17-24(18-15-21)26(7,8)22(10-2)11-3/h9-18,20H,1-2,19,27H2,3-8H3/b16-13-,22-11+,23-12+. The normalized spacial score (nSPS) is 15.1. The molecule has 0 aliphatic carbocycles. The topological polar surface area (TPSA) is 26.0 Å². The van der Waals surface area contributed by atoms with E-state index in [1.54, 1.807) is 0 Å². The summed E-state index contributed by atoms with van der Waals surface area (Å²) in [7, 11) is 0. The van der Waals surface area contributed by atoms with Crippen LogP contribution < -0.4 is 5.73 Å². The zero-order valence-electron chi connectivity index (χ0n) is 18.0. The lowest BCUT2D eigenvalue weighted by molar-refractivity contribution is 0.454. The molecule has 1 aromatic carbocycles. The molecule has 0 heterocycles. The van der Waals surface area contributed by atoms with Crippen LogP contribution in [0.1, 0.15) is 52.7 Å². The van der Waals surface area contributed by atoms with E-state index in [9.17, 15) is 0 Å². The second-order valence-corrected chi connectivity index (χ2v) is 8.41. The first-order valence-corrected chi connectivity index (χ1v) is 9.74. The van der Waals surface area contributed by atoms with Gasteiger partial charge in [-0.05, 0) is 48.0 Å². The van der Waals surface area contributed by atoms with Gasteiger partial charge in [-0.25, -0.2) is 0 Å². The van der Waals surface area contributed by atoms with E-state index in [2.05, 4.69) is 90.3 Å². The Morgan fingerprint density at radius 3 is 2.11 bits per heavy atom. The Labute approximate surface area is 167 Å². The quantitative estimate of drug-likeness (QED) is 0.486. The molecule has 0 aliphatic heterocycles. The Bertz CT molecular complexity index is 722. The molecule has 2 N–H and O–H groups in total. The molecule has 0 amide bonds. The average molecular weight is 364 g/mol. The van der Waals surface area contributed by atoms with Gasteiger partial charge in [0.1, 0.15) is 0 Å². The van der Waals surface area contributed by atoms with Gasteiger partial charge in [0.15, 0.2) is 0 Å². The Balaban J connectivity index is 3.10. The highest BCUT2D eigenvalue weighted by Gasteiger charge is 2.25. The Kier molecular flexibility index (Phi) is 8.24. The molecule has 0 fully saturated rings. The third-order valence-electron chi connectivity index (χ3n) is 5.23. The van der Waals surface area contributed by atoms with Crippen molar-refractivity contribution in [3.05, 3.63) is 96.2 Å². The molecular formula is C26H37N. The van der Waals surface area contributed by atoms with E-state index in [0.29, 0.717) is 0 Å². The first kappa shape index (κ1) is 22.9. The molecule has 1 nitrogen and oxygen atoms in total. The fourth-order valence-electron chi connectivity index (χ4n) is 3.44. The molecule has 0 spiro atoms. The van der Waals surface area contributed by atoms with Gasteiger partial charge in [0.2, 0.25) is 0 Å². The lowest BCUT2D eigenvalue weighted by Gasteiger charge is -2.29. The molecule has 146 valence electrons. The van der Waals surface area contributed by atoms with Crippen LogP contribution in [0, 0.1) is 5.41 Å². The zero-order chi connectivity index (χ0) is 20.7. The third-order valence-corrected chi connectivity index (χ3v) is 5.23. The number of allylic oxidation sites excluding steroid dienone is 7. The molecule has 1 aromatic rings. The molecular weight excluding hydrogens is 326 g/mol. The summed E-state index contributed by atoms with van der Waals surface area (Å²) >= 11 is 0. The summed E-state index contributed by atoms with van der Waals surface area (Å²) < 4.78 is 0.